The molecule has 4 saturated carbocycles. The minimum Gasteiger partial charge on any atom is -0.390 e. The van der Waals surface area contributed by atoms with Gasteiger partial charge in [0.1, 0.15) is 0 Å². The van der Waals surface area contributed by atoms with E-state index in [0.717, 1.165) is 36.6 Å². The van der Waals surface area contributed by atoms with Crippen LogP contribution in [-0.2, 0) is 9.59 Å². The third kappa shape index (κ3) is 3.67. The molecule has 2 unspecified atom stereocenters. The highest BCUT2D eigenvalue weighted by Gasteiger charge is 2.57. The summed E-state index contributed by atoms with van der Waals surface area (Å²) in [6, 6.07) is 7.38. The van der Waals surface area contributed by atoms with E-state index >= 15 is 0 Å². The van der Waals surface area contributed by atoms with Crippen molar-refractivity contribution in [2.45, 2.75) is 50.5 Å². The molecule has 140 valence electrons. The number of nitrogens with one attached hydrogen (secondary N) is 2. The van der Waals surface area contributed by atoms with Crippen molar-refractivity contribution in [2.24, 2.45) is 17.3 Å². The number of carbonyl (C=O) groups is 2. The maximum absolute atomic E-state index is 12.5. The van der Waals surface area contributed by atoms with E-state index in [0.29, 0.717) is 23.9 Å². The summed E-state index contributed by atoms with van der Waals surface area (Å²) >= 11 is 3.39. The summed E-state index contributed by atoms with van der Waals surface area (Å²) in [6.07, 6.45) is 6.27. The van der Waals surface area contributed by atoms with Crippen molar-refractivity contribution >= 4 is 33.4 Å². The number of halogens is 1. The standard InChI is InChI=1S/C20H25BrN2O3/c21-15-3-1-2-4-16(15)23-18(25)11-22-17(24)10-19-6-13-5-14(7-19)9-20(26,8-13)12-19/h1-4,13-14,26H,5-12H2,(H,22,24)(H,23,25). The molecule has 0 heterocycles. The maximum Gasteiger partial charge on any atom is 0.243 e. The fourth-order valence-electron chi connectivity index (χ4n) is 5.95. The summed E-state index contributed by atoms with van der Waals surface area (Å²) < 4.78 is 0.807. The van der Waals surface area contributed by atoms with E-state index in [1.807, 2.05) is 18.2 Å². The predicted molar refractivity (Wildman–Crippen MR) is 102 cm³/mol. The quantitative estimate of drug-likeness (QED) is 0.683. The van der Waals surface area contributed by atoms with Crippen LogP contribution < -0.4 is 10.6 Å². The zero-order chi connectivity index (χ0) is 18.4. The second kappa shape index (κ2) is 6.64. The van der Waals surface area contributed by atoms with E-state index in [-0.39, 0.29) is 23.8 Å². The van der Waals surface area contributed by atoms with Crippen molar-refractivity contribution in [1.82, 2.24) is 5.32 Å². The highest BCUT2D eigenvalue weighted by Crippen LogP contribution is 2.62. The molecule has 4 fully saturated rings. The first-order valence-electron chi connectivity index (χ1n) is 9.38. The smallest absolute Gasteiger partial charge is 0.243 e. The Balaban J connectivity index is 1.31. The number of rotatable bonds is 5. The van der Waals surface area contributed by atoms with Crippen LogP contribution in [0.4, 0.5) is 5.69 Å². The van der Waals surface area contributed by atoms with Crippen LogP contribution in [0, 0.1) is 17.3 Å². The Morgan fingerprint density at radius 3 is 2.46 bits per heavy atom. The number of para-hydroxylation sites is 1. The predicted octanol–water partition coefficient (Wildman–Crippen LogP) is 3.23. The molecule has 5 nitrogen and oxygen atoms in total. The number of anilines is 1. The number of aliphatic hydroxyl groups is 1. The second-order valence-electron chi connectivity index (χ2n) is 8.67. The molecule has 6 heteroatoms. The van der Waals surface area contributed by atoms with Gasteiger partial charge in [-0.1, -0.05) is 12.1 Å². The summed E-state index contributed by atoms with van der Waals surface area (Å²) in [5.41, 5.74) is 0.0680. The molecule has 0 radical (unpaired) electrons. The van der Waals surface area contributed by atoms with Gasteiger partial charge in [0.05, 0.1) is 17.8 Å². The fraction of sp³-hybridized carbons (Fsp3) is 0.600. The van der Waals surface area contributed by atoms with Gasteiger partial charge in [-0.25, -0.2) is 0 Å². The van der Waals surface area contributed by atoms with E-state index in [4.69, 9.17) is 0 Å². The average molecular weight is 421 g/mol. The van der Waals surface area contributed by atoms with Gasteiger partial charge in [-0.2, -0.15) is 0 Å². The molecule has 3 N–H and O–H groups in total. The molecular weight excluding hydrogens is 396 g/mol. The molecule has 5 rings (SSSR count). The number of benzene rings is 1. The number of amides is 2. The van der Waals surface area contributed by atoms with Crippen LogP contribution >= 0.6 is 15.9 Å². The van der Waals surface area contributed by atoms with Crippen LogP contribution in [0.3, 0.4) is 0 Å². The largest absolute Gasteiger partial charge is 0.390 e. The molecule has 1 aromatic carbocycles. The van der Waals surface area contributed by atoms with Crippen molar-refractivity contribution in [2.75, 3.05) is 11.9 Å². The van der Waals surface area contributed by atoms with Crippen molar-refractivity contribution in [3.05, 3.63) is 28.7 Å². The number of hydrogen-bond acceptors (Lipinski definition) is 3. The molecule has 2 amide bonds. The van der Waals surface area contributed by atoms with E-state index in [1.165, 1.54) is 6.42 Å². The molecule has 0 saturated heterocycles. The summed E-state index contributed by atoms with van der Waals surface area (Å²) in [4.78, 5) is 24.6. The van der Waals surface area contributed by atoms with Gasteiger partial charge in [-0.05, 0) is 83.8 Å². The lowest BCUT2D eigenvalue weighted by atomic mass is 9.47. The molecule has 4 aliphatic carbocycles. The van der Waals surface area contributed by atoms with Gasteiger partial charge >= 0.3 is 0 Å². The lowest BCUT2D eigenvalue weighted by molar-refractivity contribution is -0.169. The summed E-state index contributed by atoms with van der Waals surface area (Å²) in [6.45, 7) is -0.0344. The number of hydrogen-bond donors (Lipinski definition) is 3. The molecule has 26 heavy (non-hydrogen) atoms. The van der Waals surface area contributed by atoms with Crippen molar-refractivity contribution in [3.8, 4) is 0 Å². The highest BCUT2D eigenvalue weighted by molar-refractivity contribution is 9.10. The minimum absolute atomic E-state index is 0.0344. The van der Waals surface area contributed by atoms with Crippen molar-refractivity contribution in [1.29, 1.82) is 0 Å². The maximum atomic E-state index is 12.5. The van der Waals surface area contributed by atoms with E-state index in [1.54, 1.807) is 6.07 Å². The summed E-state index contributed by atoms with van der Waals surface area (Å²) in [5, 5.41) is 16.3. The van der Waals surface area contributed by atoms with Gasteiger partial charge in [0.15, 0.2) is 0 Å². The molecule has 4 bridgehead atoms. The Kier molecular flexibility index (Phi) is 4.59. The molecule has 1 aromatic rings. The molecule has 4 aliphatic rings. The lowest BCUT2D eigenvalue weighted by Gasteiger charge is -2.60. The zero-order valence-corrected chi connectivity index (χ0v) is 16.3. The van der Waals surface area contributed by atoms with Crippen molar-refractivity contribution in [3.63, 3.8) is 0 Å². The normalized spacial score (nSPS) is 34.5. The Hall–Kier alpha value is -1.40. The van der Waals surface area contributed by atoms with Crippen LogP contribution in [0.25, 0.3) is 0 Å². The monoisotopic (exact) mass is 420 g/mol. The van der Waals surface area contributed by atoms with Crippen LogP contribution in [0.5, 0.6) is 0 Å². The Morgan fingerprint density at radius 2 is 1.81 bits per heavy atom. The van der Waals surface area contributed by atoms with Crippen LogP contribution in [0.2, 0.25) is 0 Å². The summed E-state index contributed by atoms with van der Waals surface area (Å²) in [7, 11) is 0. The number of carbonyl (C=O) groups excluding carboxylic acids is 2. The first kappa shape index (κ1) is 18.0. The summed E-state index contributed by atoms with van der Waals surface area (Å²) in [5.74, 6) is 0.799. The second-order valence-corrected chi connectivity index (χ2v) is 9.52. The molecule has 0 spiro atoms. The minimum atomic E-state index is -0.554. The van der Waals surface area contributed by atoms with Gasteiger partial charge in [0.25, 0.3) is 0 Å². The van der Waals surface area contributed by atoms with E-state index in [9.17, 15) is 14.7 Å². The topological polar surface area (TPSA) is 78.4 Å². The van der Waals surface area contributed by atoms with E-state index in [2.05, 4.69) is 26.6 Å². The van der Waals surface area contributed by atoms with Gasteiger partial charge < -0.3 is 15.7 Å². The van der Waals surface area contributed by atoms with Gasteiger partial charge in [-0.15, -0.1) is 0 Å². The van der Waals surface area contributed by atoms with Gasteiger partial charge in [0, 0.05) is 10.9 Å². The van der Waals surface area contributed by atoms with Gasteiger partial charge in [-0.3, -0.25) is 9.59 Å². The highest BCUT2D eigenvalue weighted by atomic mass is 79.9. The average Bonchev–Trinajstić information content (AvgIpc) is 2.52. The van der Waals surface area contributed by atoms with Crippen LogP contribution in [0.15, 0.2) is 28.7 Å². The Bertz CT molecular complexity index is 722. The van der Waals surface area contributed by atoms with Crippen molar-refractivity contribution < 1.29 is 14.7 Å². The Labute approximate surface area is 162 Å². The first-order chi connectivity index (χ1) is 12.3. The first-order valence-corrected chi connectivity index (χ1v) is 10.2. The molecular formula is C20H25BrN2O3. The van der Waals surface area contributed by atoms with Crippen LogP contribution in [-0.4, -0.2) is 29.1 Å². The Morgan fingerprint density at radius 1 is 1.12 bits per heavy atom. The lowest BCUT2D eigenvalue weighted by Crippen LogP contribution is -2.56. The zero-order valence-electron chi connectivity index (χ0n) is 14.8. The molecule has 0 aromatic heterocycles. The van der Waals surface area contributed by atoms with Gasteiger partial charge in [0.2, 0.25) is 11.8 Å². The fourth-order valence-corrected chi connectivity index (χ4v) is 6.33. The third-order valence-corrected chi connectivity index (χ3v) is 6.97. The van der Waals surface area contributed by atoms with Crippen LogP contribution in [0.1, 0.15) is 44.9 Å². The SMILES string of the molecule is O=C(CC12CC3CC(CC(O)(C3)C1)C2)NCC(=O)Nc1ccccc1Br. The van der Waals surface area contributed by atoms with E-state index < -0.39 is 5.60 Å². The molecule has 0 aliphatic heterocycles. The third-order valence-electron chi connectivity index (χ3n) is 6.28. The molecule has 2 atom stereocenters.